The van der Waals surface area contributed by atoms with E-state index in [2.05, 4.69) is 0 Å². The van der Waals surface area contributed by atoms with E-state index < -0.39 is 5.60 Å². The van der Waals surface area contributed by atoms with Crippen LogP contribution in [0.25, 0.3) is 0 Å². The molecule has 2 atom stereocenters. The normalized spacial score (nSPS) is 24.8. The summed E-state index contributed by atoms with van der Waals surface area (Å²) >= 11 is 0. The number of carbonyl (C=O) groups is 2. The van der Waals surface area contributed by atoms with Gasteiger partial charge in [-0.1, -0.05) is 0 Å². The van der Waals surface area contributed by atoms with Crippen LogP contribution in [-0.4, -0.2) is 40.6 Å². The summed E-state index contributed by atoms with van der Waals surface area (Å²) in [5, 5.41) is 0. The number of benzene rings is 1. The van der Waals surface area contributed by atoms with Crippen molar-refractivity contribution in [1.29, 1.82) is 0 Å². The molecule has 2 heterocycles. The molecule has 1 amide bonds. The molecule has 2 bridgehead atoms. The van der Waals surface area contributed by atoms with Gasteiger partial charge in [-0.2, -0.15) is 0 Å². The van der Waals surface area contributed by atoms with Crippen LogP contribution in [-0.2, 0) is 4.74 Å². The van der Waals surface area contributed by atoms with Crippen molar-refractivity contribution in [2.75, 3.05) is 0 Å². The van der Waals surface area contributed by atoms with E-state index in [1.165, 1.54) is 0 Å². The summed E-state index contributed by atoms with van der Waals surface area (Å²) in [6, 6.07) is 7.63. The number of carbonyl (C=O) groups excluding carboxylic acids is 2. The van der Waals surface area contributed by atoms with Crippen LogP contribution in [0.15, 0.2) is 24.3 Å². The third-order valence-electron chi connectivity index (χ3n) is 5.22. The summed E-state index contributed by atoms with van der Waals surface area (Å²) in [7, 11) is 0. The van der Waals surface area contributed by atoms with Gasteiger partial charge < -0.3 is 14.4 Å². The SMILES string of the molecule is CC(C)Oc1ccc(C(=O)C2CC3CCC(C2)N3C(=O)OC(C)(C)C)cc1. The van der Waals surface area contributed by atoms with Crippen LogP contribution < -0.4 is 4.74 Å². The van der Waals surface area contributed by atoms with Crippen molar-refractivity contribution in [2.45, 2.75) is 84.1 Å². The fraction of sp³-hybridized carbons (Fsp3) is 0.636. The van der Waals surface area contributed by atoms with Crippen molar-refractivity contribution in [3.63, 3.8) is 0 Å². The number of ether oxygens (including phenoxy) is 2. The summed E-state index contributed by atoms with van der Waals surface area (Å²) in [5.41, 5.74) is 0.226. The molecule has 27 heavy (non-hydrogen) atoms. The van der Waals surface area contributed by atoms with Gasteiger partial charge in [0.15, 0.2) is 5.78 Å². The van der Waals surface area contributed by atoms with E-state index in [9.17, 15) is 9.59 Å². The first-order valence-corrected chi connectivity index (χ1v) is 9.96. The molecule has 3 rings (SSSR count). The molecular formula is C22H31NO4. The van der Waals surface area contributed by atoms with E-state index in [0.717, 1.165) is 37.0 Å². The second kappa shape index (κ2) is 7.53. The van der Waals surface area contributed by atoms with E-state index >= 15 is 0 Å². The second-order valence-corrected chi connectivity index (χ2v) is 9.00. The third-order valence-corrected chi connectivity index (χ3v) is 5.22. The predicted octanol–water partition coefficient (Wildman–Crippen LogP) is 4.83. The van der Waals surface area contributed by atoms with E-state index in [1.54, 1.807) is 0 Å². The lowest BCUT2D eigenvalue weighted by Gasteiger charge is -2.39. The van der Waals surface area contributed by atoms with Gasteiger partial charge >= 0.3 is 6.09 Å². The smallest absolute Gasteiger partial charge is 0.410 e. The minimum absolute atomic E-state index is 0.0296. The summed E-state index contributed by atoms with van der Waals surface area (Å²) in [6.45, 7) is 9.61. The monoisotopic (exact) mass is 373 g/mol. The molecule has 2 aliphatic rings. The third kappa shape index (κ3) is 4.63. The Kier molecular flexibility index (Phi) is 5.50. The van der Waals surface area contributed by atoms with E-state index in [1.807, 2.05) is 63.8 Å². The first-order chi connectivity index (χ1) is 12.6. The number of ketones is 1. The Bertz CT molecular complexity index is 675. The van der Waals surface area contributed by atoms with E-state index in [-0.39, 0.29) is 36.0 Å². The molecule has 5 heteroatoms. The molecule has 5 nitrogen and oxygen atoms in total. The van der Waals surface area contributed by atoms with Gasteiger partial charge in [-0.05, 0) is 84.6 Å². The largest absolute Gasteiger partial charge is 0.491 e. The number of rotatable bonds is 4. The van der Waals surface area contributed by atoms with Crippen LogP contribution in [0.2, 0.25) is 0 Å². The molecule has 148 valence electrons. The number of amides is 1. The zero-order valence-corrected chi connectivity index (χ0v) is 17.0. The molecule has 0 aliphatic carbocycles. The van der Waals surface area contributed by atoms with Crippen LogP contribution in [0, 0.1) is 5.92 Å². The van der Waals surface area contributed by atoms with Gasteiger partial charge in [0.05, 0.1) is 6.10 Å². The Labute approximate surface area is 162 Å². The van der Waals surface area contributed by atoms with Crippen molar-refractivity contribution >= 4 is 11.9 Å². The quantitative estimate of drug-likeness (QED) is 0.709. The van der Waals surface area contributed by atoms with Crippen LogP contribution in [0.5, 0.6) is 5.75 Å². The standard InChI is InChI=1S/C22H31NO4/c1-14(2)26-19-10-6-15(7-11-19)20(24)16-12-17-8-9-18(13-16)23(17)21(25)27-22(3,4)5/h6-7,10-11,14,16-18H,8-9,12-13H2,1-5H3. The number of fused-ring (bicyclic) bond motifs is 2. The lowest BCUT2D eigenvalue weighted by Crippen LogP contribution is -2.49. The second-order valence-electron chi connectivity index (χ2n) is 9.00. The molecular weight excluding hydrogens is 342 g/mol. The Balaban J connectivity index is 1.65. The van der Waals surface area contributed by atoms with Crippen LogP contribution in [0.3, 0.4) is 0 Å². The first kappa shape index (κ1) is 19.7. The molecule has 2 fully saturated rings. The number of hydrogen-bond donors (Lipinski definition) is 0. The molecule has 0 spiro atoms. The van der Waals surface area contributed by atoms with Crippen molar-refractivity contribution in [1.82, 2.24) is 4.90 Å². The molecule has 2 aliphatic heterocycles. The summed E-state index contributed by atoms with van der Waals surface area (Å²) in [6.07, 6.45) is 3.22. The maximum Gasteiger partial charge on any atom is 0.410 e. The highest BCUT2D eigenvalue weighted by atomic mass is 16.6. The molecule has 1 aromatic rings. The molecule has 2 saturated heterocycles. The average Bonchev–Trinajstić information content (AvgIpc) is 2.83. The minimum Gasteiger partial charge on any atom is -0.491 e. The Morgan fingerprint density at radius 3 is 2.07 bits per heavy atom. The molecule has 2 unspecified atom stereocenters. The van der Waals surface area contributed by atoms with Gasteiger partial charge in [-0.3, -0.25) is 4.79 Å². The van der Waals surface area contributed by atoms with Gasteiger partial charge in [0.25, 0.3) is 0 Å². The average molecular weight is 373 g/mol. The first-order valence-electron chi connectivity index (χ1n) is 9.96. The molecule has 0 aromatic heterocycles. The number of hydrogen-bond acceptors (Lipinski definition) is 4. The van der Waals surface area contributed by atoms with Crippen molar-refractivity contribution < 1.29 is 19.1 Å². The molecule has 1 aromatic carbocycles. The van der Waals surface area contributed by atoms with E-state index in [0.29, 0.717) is 0 Å². The fourth-order valence-corrected chi connectivity index (χ4v) is 4.21. The van der Waals surface area contributed by atoms with E-state index in [4.69, 9.17) is 9.47 Å². The Morgan fingerprint density at radius 2 is 1.59 bits per heavy atom. The topological polar surface area (TPSA) is 55.8 Å². The van der Waals surface area contributed by atoms with Crippen LogP contribution >= 0.6 is 0 Å². The van der Waals surface area contributed by atoms with Crippen molar-refractivity contribution in [3.05, 3.63) is 29.8 Å². The highest BCUT2D eigenvalue weighted by Crippen LogP contribution is 2.40. The summed E-state index contributed by atoms with van der Waals surface area (Å²) in [5.74, 6) is 0.922. The van der Waals surface area contributed by atoms with Gasteiger partial charge in [-0.25, -0.2) is 4.79 Å². The number of nitrogens with zero attached hydrogens (tertiary/aromatic N) is 1. The number of Topliss-reactive ketones (excluding diaryl/α,β-unsaturated/α-hetero) is 1. The Hall–Kier alpha value is -2.04. The fourth-order valence-electron chi connectivity index (χ4n) is 4.21. The Morgan fingerprint density at radius 1 is 1.04 bits per heavy atom. The number of piperidine rings is 1. The van der Waals surface area contributed by atoms with Crippen molar-refractivity contribution in [2.24, 2.45) is 5.92 Å². The van der Waals surface area contributed by atoms with Crippen LogP contribution in [0.1, 0.15) is 70.7 Å². The predicted molar refractivity (Wildman–Crippen MR) is 104 cm³/mol. The maximum atomic E-state index is 13.0. The zero-order chi connectivity index (χ0) is 19.8. The van der Waals surface area contributed by atoms with Gasteiger partial charge in [-0.15, -0.1) is 0 Å². The molecule has 0 radical (unpaired) electrons. The summed E-state index contributed by atoms with van der Waals surface area (Å²) < 4.78 is 11.2. The highest BCUT2D eigenvalue weighted by Gasteiger charge is 2.46. The van der Waals surface area contributed by atoms with Gasteiger partial charge in [0.1, 0.15) is 11.4 Å². The summed E-state index contributed by atoms with van der Waals surface area (Å²) in [4.78, 5) is 27.4. The lowest BCUT2D eigenvalue weighted by molar-refractivity contribution is 0.00254. The van der Waals surface area contributed by atoms with Gasteiger partial charge in [0.2, 0.25) is 0 Å². The molecule has 0 saturated carbocycles. The minimum atomic E-state index is -0.497. The maximum absolute atomic E-state index is 13.0. The molecule has 0 N–H and O–H groups in total. The highest BCUT2D eigenvalue weighted by molar-refractivity contribution is 5.98. The van der Waals surface area contributed by atoms with Gasteiger partial charge in [0, 0.05) is 23.6 Å². The zero-order valence-electron chi connectivity index (χ0n) is 17.0. The van der Waals surface area contributed by atoms with Crippen molar-refractivity contribution in [3.8, 4) is 5.75 Å². The lowest BCUT2D eigenvalue weighted by atomic mass is 9.85. The van der Waals surface area contributed by atoms with Crippen LogP contribution in [0.4, 0.5) is 4.79 Å².